The lowest BCUT2D eigenvalue weighted by molar-refractivity contribution is -0.138. The molecule has 4 aliphatic rings. The first-order chi connectivity index (χ1) is 22.5. The average molecular weight is 677 g/mol. The van der Waals surface area contributed by atoms with E-state index in [2.05, 4.69) is 5.32 Å². The van der Waals surface area contributed by atoms with E-state index in [1.165, 1.54) is 38.3 Å². The molecule has 12 heteroatoms. The first kappa shape index (κ1) is 31.1. The van der Waals surface area contributed by atoms with Gasteiger partial charge in [-0.05, 0) is 72.9 Å². The molecule has 0 bridgehead atoms. The minimum Gasteiger partial charge on any atom is -0.502 e. The Morgan fingerprint density at radius 1 is 0.851 bits per heavy atom. The number of nitrogens with one attached hydrogen (secondary N) is 1. The largest absolute Gasteiger partial charge is 0.502 e. The second-order valence-electron chi connectivity index (χ2n) is 12.3. The molecule has 10 nitrogen and oxygen atoms in total. The number of para-hydroxylation sites is 1. The Kier molecular flexibility index (Phi) is 7.29. The predicted octanol–water partition coefficient (Wildman–Crippen LogP) is 5.35. The quantitative estimate of drug-likeness (QED) is 0.204. The molecular formula is C35H31Cl2N3O7. The number of allylic oxidation sites excluding steroid dienone is 2. The Balaban J connectivity index is 1.30. The maximum Gasteiger partial charge on any atom is 0.253 e. The molecule has 47 heavy (non-hydrogen) atoms. The van der Waals surface area contributed by atoms with Crippen molar-refractivity contribution in [1.29, 1.82) is 0 Å². The molecule has 2 saturated heterocycles. The number of halogens is 2. The van der Waals surface area contributed by atoms with E-state index in [1.54, 1.807) is 24.3 Å². The molecular weight excluding hydrogens is 645 g/mol. The van der Waals surface area contributed by atoms with Crippen LogP contribution in [0.25, 0.3) is 0 Å². The van der Waals surface area contributed by atoms with Crippen LogP contribution in [0.1, 0.15) is 24.3 Å². The van der Waals surface area contributed by atoms with Gasteiger partial charge in [0.05, 0.1) is 31.7 Å². The van der Waals surface area contributed by atoms with E-state index < -0.39 is 51.1 Å². The smallest absolute Gasteiger partial charge is 0.253 e. The topological polar surface area (TPSA) is 125 Å². The molecule has 6 atom stereocenters. The summed E-state index contributed by atoms with van der Waals surface area (Å²) < 4.78 is 10.8. The molecule has 2 aliphatic heterocycles. The van der Waals surface area contributed by atoms with Gasteiger partial charge in [0.25, 0.3) is 11.8 Å². The zero-order chi connectivity index (χ0) is 33.4. The lowest BCUT2D eigenvalue weighted by Crippen LogP contribution is -2.60. The molecule has 3 fully saturated rings. The van der Waals surface area contributed by atoms with E-state index in [-0.39, 0.29) is 36.0 Å². The number of phenolic OH excluding ortho intramolecular Hbond substituents is 1. The molecule has 3 aromatic carbocycles. The number of anilines is 3. The van der Waals surface area contributed by atoms with Gasteiger partial charge in [-0.3, -0.25) is 29.0 Å². The third-order valence-electron chi connectivity index (χ3n) is 10.0. The Morgan fingerprint density at radius 3 is 2.09 bits per heavy atom. The van der Waals surface area contributed by atoms with Crippen molar-refractivity contribution in [1.82, 2.24) is 4.90 Å². The third kappa shape index (κ3) is 4.30. The van der Waals surface area contributed by atoms with E-state index in [0.29, 0.717) is 16.8 Å². The number of phenols is 1. The normalized spacial score (nSPS) is 29.7. The maximum atomic E-state index is 14.3. The fourth-order valence-electron chi connectivity index (χ4n) is 7.83. The lowest BCUT2D eigenvalue weighted by Gasteiger charge is -2.50. The summed E-state index contributed by atoms with van der Waals surface area (Å²) in [5.74, 6) is -5.53. The molecule has 0 spiro atoms. The van der Waals surface area contributed by atoms with Gasteiger partial charge in [0, 0.05) is 24.3 Å². The number of alkyl halides is 2. The van der Waals surface area contributed by atoms with Gasteiger partial charge < -0.3 is 19.9 Å². The van der Waals surface area contributed by atoms with Crippen LogP contribution in [0.5, 0.6) is 17.2 Å². The summed E-state index contributed by atoms with van der Waals surface area (Å²) in [6.45, 7) is 0. The van der Waals surface area contributed by atoms with E-state index in [0.717, 1.165) is 16.3 Å². The van der Waals surface area contributed by atoms with Crippen molar-refractivity contribution in [2.24, 2.45) is 17.8 Å². The van der Waals surface area contributed by atoms with Crippen molar-refractivity contribution < 1.29 is 33.8 Å². The minimum absolute atomic E-state index is 0.0600. The molecule has 6 unspecified atom stereocenters. The van der Waals surface area contributed by atoms with Gasteiger partial charge in [0.15, 0.2) is 21.2 Å². The molecule has 4 amide bonds. The maximum absolute atomic E-state index is 14.3. The highest BCUT2D eigenvalue weighted by Gasteiger charge is 2.76. The highest BCUT2D eigenvalue weighted by molar-refractivity contribution is 6.53. The van der Waals surface area contributed by atoms with Crippen LogP contribution in [0.15, 0.2) is 78.4 Å². The first-order valence-corrected chi connectivity index (χ1v) is 15.9. The van der Waals surface area contributed by atoms with Crippen LogP contribution in [0, 0.1) is 17.8 Å². The summed E-state index contributed by atoms with van der Waals surface area (Å²) >= 11 is 14.5. The molecule has 2 heterocycles. The number of ether oxygens (including phenoxy) is 2. The van der Waals surface area contributed by atoms with Crippen molar-refractivity contribution in [3.05, 3.63) is 83.9 Å². The van der Waals surface area contributed by atoms with E-state index in [4.69, 9.17) is 32.7 Å². The number of rotatable bonds is 6. The van der Waals surface area contributed by atoms with E-state index in [9.17, 15) is 24.3 Å². The number of hydrogen-bond acceptors (Lipinski definition) is 8. The minimum atomic E-state index is -1.98. The highest BCUT2D eigenvalue weighted by Crippen LogP contribution is 2.66. The number of benzene rings is 3. The van der Waals surface area contributed by atoms with Gasteiger partial charge in [0.2, 0.25) is 17.6 Å². The molecule has 0 radical (unpaired) electrons. The number of imide groups is 2. The number of hydrogen-bond donors (Lipinski definition) is 2. The van der Waals surface area contributed by atoms with Gasteiger partial charge in [-0.25, -0.2) is 0 Å². The Labute approximate surface area is 280 Å². The van der Waals surface area contributed by atoms with Crippen LogP contribution in [0.4, 0.5) is 17.1 Å². The van der Waals surface area contributed by atoms with Crippen LogP contribution in [-0.2, 0) is 19.2 Å². The monoisotopic (exact) mass is 675 g/mol. The number of carbonyl (C=O) groups excluding carboxylic acids is 4. The van der Waals surface area contributed by atoms with Crippen molar-refractivity contribution in [2.75, 3.05) is 31.5 Å². The number of nitrogens with zero attached hydrogens (tertiary/aromatic N) is 2. The van der Waals surface area contributed by atoms with Crippen LogP contribution in [-0.4, -0.2) is 64.7 Å². The molecule has 2 N–H and O–H groups in total. The Hall–Kier alpha value is -4.54. The molecule has 242 valence electrons. The van der Waals surface area contributed by atoms with Gasteiger partial charge in [-0.1, -0.05) is 29.8 Å². The zero-order valence-corrected chi connectivity index (χ0v) is 27.2. The van der Waals surface area contributed by atoms with Gasteiger partial charge in [0.1, 0.15) is 0 Å². The number of methoxy groups -OCH3 is 2. The molecule has 0 aromatic heterocycles. The van der Waals surface area contributed by atoms with Crippen LogP contribution in [0.3, 0.4) is 0 Å². The third-order valence-corrected chi connectivity index (χ3v) is 11.5. The van der Waals surface area contributed by atoms with E-state index >= 15 is 0 Å². The average Bonchev–Trinajstić information content (AvgIpc) is 3.40. The van der Waals surface area contributed by atoms with Crippen molar-refractivity contribution in [2.45, 2.75) is 28.5 Å². The van der Waals surface area contributed by atoms with Gasteiger partial charge in [-0.15, -0.1) is 23.2 Å². The summed E-state index contributed by atoms with van der Waals surface area (Å²) in [5, 5.41) is 13.9. The summed E-state index contributed by atoms with van der Waals surface area (Å²) in [7, 11) is 4.07. The standard InChI is InChI=1S/C35H31Cl2N3O7/c1-39-32(44)34(36)17-24-22(28(35(34,37)33(39)45)18-15-25(46-2)29(41)26(16-18)47-3)13-14-23-27(24)31(43)40(30(23)42)21-11-9-20(10-12-21)38-19-7-5-4-6-8-19/h4-13,15-16,23-24,27-28,38,41H,14,17H2,1-3H3. The molecule has 7 rings (SSSR count). The van der Waals surface area contributed by atoms with Crippen molar-refractivity contribution in [3.63, 3.8) is 0 Å². The van der Waals surface area contributed by atoms with Crippen LogP contribution < -0.4 is 19.7 Å². The Morgan fingerprint density at radius 2 is 1.47 bits per heavy atom. The van der Waals surface area contributed by atoms with Crippen molar-refractivity contribution >= 4 is 63.9 Å². The fourth-order valence-corrected chi connectivity index (χ4v) is 8.85. The number of aromatic hydroxyl groups is 1. The lowest BCUT2D eigenvalue weighted by atomic mass is 9.56. The summed E-state index contributed by atoms with van der Waals surface area (Å²) in [4.78, 5) is 54.0. The van der Waals surface area contributed by atoms with Gasteiger partial charge >= 0.3 is 0 Å². The van der Waals surface area contributed by atoms with Crippen molar-refractivity contribution in [3.8, 4) is 17.2 Å². The summed E-state index contributed by atoms with van der Waals surface area (Å²) in [6.07, 6.45) is 1.93. The van der Waals surface area contributed by atoms with Crippen LogP contribution in [0.2, 0.25) is 0 Å². The molecule has 1 saturated carbocycles. The zero-order valence-electron chi connectivity index (χ0n) is 25.7. The number of carbonyl (C=O) groups is 4. The van der Waals surface area contributed by atoms with E-state index in [1.807, 2.05) is 36.4 Å². The van der Waals surface area contributed by atoms with Crippen LogP contribution >= 0.6 is 23.2 Å². The second-order valence-corrected chi connectivity index (χ2v) is 13.6. The summed E-state index contributed by atoms with van der Waals surface area (Å²) in [5.41, 5.74) is 3.12. The second kappa shape index (κ2) is 11.0. The highest BCUT2D eigenvalue weighted by atomic mass is 35.5. The van der Waals surface area contributed by atoms with Gasteiger partial charge in [-0.2, -0.15) is 0 Å². The SMILES string of the molecule is COc1cc(C2C3=CCC4C(=O)N(c5ccc(Nc6ccccc6)cc5)C(=O)C4C3CC3(Cl)C(=O)N(C)C(=O)C23Cl)cc(OC)c1O. The molecule has 2 aliphatic carbocycles. The predicted molar refractivity (Wildman–Crippen MR) is 175 cm³/mol. The number of amides is 4. The molecule has 3 aromatic rings. The Bertz CT molecular complexity index is 1840. The fraction of sp³-hybridized carbons (Fsp3) is 0.314. The number of fused-ring (bicyclic) bond motifs is 4. The summed E-state index contributed by atoms with van der Waals surface area (Å²) in [6, 6.07) is 19.7. The number of likely N-dealkylation sites (tertiary alicyclic amines) is 1. The first-order valence-electron chi connectivity index (χ1n) is 15.1.